The molecule has 0 bridgehead atoms. The van der Waals surface area contributed by atoms with Crippen molar-refractivity contribution in [3.63, 3.8) is 0 Å². The first-order valence-electron chi connectivity index (χ1n) is 3.24. The Morgan fingerprint density at radius 3 is 2.25 bits per heavy atom. The van der Waals surface area contributed by atoms with E-state index < -0.39 is 0 Å². The fourth-order valence-electron chi connectivity index (χ4n) is 1.16. The molecule has 0 aromatic carbocycles. The van der Waals surface area contributed by atoms with Gasteiger partial charge in [0.05, 0.1) is 0 Å². The van der Waals surface area contributed by atoms with E-state index in [2.05, 4.69) is 6.92 Å². The average Bonchev–Trinajstić information content (AvgIpc) is 1.98. The summed E-state index contributed by atoms with van der Waals surface area (Å²) in [6.07, 6.45) is 1.93. The normalized spacial score (nSPS) is 38.5. The number of Topliss-reactive ketones (excluding diaryl/α,β-unsaturated/α-hetero) is 1. The SMILES string of the molecule is CC1CCC(=O)C1C. The molecule has 1 fully saturated rings. The number of carbonyl (C=O) groups excluding carboxylic acids is 1. The third kappa shape index (κ3) is 0.770. The summed E-state index contributed by atoms with van der Waals surface area (Å²) in [5.74, 6) is 1.44. The Morgan fingerprint density at radius 2 is 2.12 bits per heavy atom. The highest BCUT2D eigenvalue weighted by Crippen LogP contribution is 2.26. The Hall–Kier alpha value is -0.330. The summed E-state index contributed by atoms with van der Waals surface area (Å²) < 4.78 is 0. The average molecular weight is 112 g/mol. The number of carbonyl (C=O) groups is 1. The fourth-order valence-corrected chi connectivity index (χ4v) is 1.16. The van der Waals surface area contributed by atoms with Crippen LogP contribution in [0.2, 0.25) is 0 Å². The molecule has 46 valence electrons. The highest BCUT2D eigenvalue weighted by Gasteiger charge is 2.26. The summed E-state index contributed by atoms with van der Waals surface area (Å²) in [6, 6.07) is 0. The zero-order valence-electron chi connectivity index (χ0n) is 5.48. The summed E-state index contributed by atoms with van der Waals surface area (Å²) in [6.45, 7) is 4.18. The zero-order chi connectivity index (χ0) is 6.15. The molecule has 0 aliphatic heterocycles. The lowest BCUT2D eigenvalue weighted by molar-refractivity contribution is -0.120. The largest absolute Gasteiger partial charge is 0.299 e. The molecule has 0 aromatic heterocycles. The molecule has 1 heteroatoms. The van der Waals surface area contributed by atoms with Crippen molar-refractivity contribution < 1.29 is 4.79 Å². The van der Waals surface area contributed by atoms with Gasteiger partial charge in [-0.2, -0.15) is 0 Å². The Labute approximate surface area is 50.1 Å². The van der Waals surface area contributed by atoms with Gasteiger partial charge in [0.1, 0.15) is 5.78 Å². The fraction of sp³-hybridized carbons (Fsp3) is 0.857. The van der Waals surface area contributed by atoms with Gasteiger partial charge >= 0.3 is 0 Å². The number of rotatable bonds is 0. The van der Waals surface area contributed by atoms with E-state index in [4.69, 9.17) is 0 Å². The van der Waals surface area contributed by atoms with Crippen molar-refractivity contribution in [2.75, 3.05) is 0 Å². The van der Waals surface area contributed by atoms with Gasteiger partial charge in [-0.15, -0.1) is 0 Å². The van der Waals surface area contributed by atoms with E-state index in [1.165, 1.54) is 0 Å². The van der Waals surface area contributed by atoms with Gasteiger partial charge in [0, 0.05) is 12.3 Å². The van der Waals surface area contributed by atoms with Crippen molar-refractivity contribution in [1.29, 1.82) is 0 Å². The number of hydrogen-bond acceptors (Lipinski definition) is 1. The van der Waals surface area contributed by atoms with Gasteiger partial charge in [0.15, 0.2) is 0 Å². The molecule has 1 aliphatic rings. The van der Waals surface area contributed by atoms with Gasteiger partial charge in [-0.3, -0.25) is 4.79 Å². The van der Waals surface area contributed by atoms with Crippen LogP contribution in [0.1, 0.15) is 26.7 Å². The van der Waals surface area contributed by atoms with Crippen LogP contribution >= 0.6 is 0 Å². The van der Waals surface area contributed by atoms with Crippen molar-refractivity contribution in [3.05, 3.63) is 0 Å². The van der Waals surface area contributed by atoms with Crippen molar-refractivity contribution in [3.8, 4) is 0 Å². The topological polar surface area (TPSA) is 17.1 Å². The Kier molecular flexibility index (Phi) is 1.37. The summed E-state index contributed by atoms with van der Waals surface area (Å²) in [5.41, 5.74) is 0. The third-order valence-corrected chi connectivity index (χ3v) is 2.21. The van der Waals surface area contributed by atoms with Gasteiger partial charge in [-0.05, 0) is 12.3 Å². The van der Waals surface area contributed by atoms with Crippen LogP contribution in [0.3, 0.4) is 0 Å². The Bertz CT molecular complexity index is 107. The first-order valence-corrected chi connectivity index (χ1v) is 3.24. The number of hydrogen-bond donors (Lipinski definition) is 0. The summed E-state index contributed by atoms with van der Waals surface area (Å²) in [7, 11) is 0. The summed E-state index contributed by atoms with van der Waals surface area (Å²) >= 11 is 0. The van der Waals surface area contributed by atoms with Crippen LogP contribution in [0.5, 0.6) is 0 Å². The lowest BCUT2D eigenvalue weighted by atomic mass is 10.0. The Balaban J connectivity index is 2.56. The van der Waals surface area contributed by atoms with Crippen molar-refractivity contribution in [1.82, 2.24) is 0 Å². The molecule has 2 unspecified atom stereocenters. The monoisotopic (exact) mass is 112 g/mol. The molecule has 1 aliphatic carbocycles. The molecular formula is C7H12O. The van der Waals surface area contributed by atoms with Crippen LogP contribution in [0, 0.1) is 11.8 Å². The minimum absolute atomic E-state index is 0.343. The maximum atomic E-state index is 10.8. The van der Waals surface area contributed by atoms with Gasteiger partial charge < -0.3 is 0 Å². The molecule has 0 aromatic rings. The van der Waals surface area contributed by atoms with Crippen molar-refractivity contribution >= 4 is 5.78 Å². The minimum Gasteiger partial charge on any atom is -0.299 e. The molecular weight excluding hydrogens is 100 g/mol. The minimum atomic E-state index is 0.343. The molecule has 8 heavy (non-hydrogen) atoms. The second kappa shape index (κ2) is 1.88. The van der Waals surface area contributed by atoms with E-state index in [9.17, 15) is 4.79 Å². The van der Waals surface area contributed by atoms with Crippen molar-refractivity contribution in [2.45, 2.75) is 26.7 Å². The van der Waals surface area contributed by atoms with Crippen LogP contribution in [0.25, 0.3) is 0 Å². The van der Waals surface area contributed by atoms with Crippen LogP contribution in [-0.2, 0) is 4.79 Å². The zero-order valence-corrected chi connectivity index (χ0v) is 5.48. The van der Waals surface area contributed by atoms with Gasteiger partial charge in [-0.25, -0.2) is 0 Å². The molecule has 0 radical (unpaired) electrons. The van der Waals surface area contributed by atoms with Crippen LogP contribution < -0.4 is 0 Å². The third-order valence-electron chi connectivity index (χ3n) is 2.21. The number of ketones is 1. The Morgan fingerprint density at radius 1 is 1.50 bits per heavy atom. The molecule has 1 rings (SSSR count). The second-order valence-electron chi connectivity index (χ2n) is 2.77. The van der Waals surface area contributed by atoms with E-state index in [1.54, 1.807) is 0 Å². The summed E-state index contributed by atoms with van der Waals surface area (Å²) in [4.78, 5) is 10.8. The highest BCUT2D eigenvalue weighted by molar-refractivity contribution is 5.82. The van der Waals surface area contributed by atoms with E-state index >= 15 is 0 Å². The molecule has 2 atom stereocenters. The first kappa shape index (κ1) is 5.80. The lowest BCUT2D eigenvalue weighted by Gasteiger charge is -2.03. The molecule has 0 saturated heterocycles. The smallest absolute Gasteiger partial charge is 0.135 e. The van der Waals surface area contributed by atoms with Gasteiger partial charge in [-0.1, -0.05) is 13.8 Å². The maximum absolute atomic E-state index is 10.8. The van der Waals surface area contributed by atoms with Gasteiger partial charge in [0.25, 0.3) is 0 Å². The van der Waals surface area contributed by atoms with Gasteiger partial charge in [0.2, 0.25) is 0 Å². The van der Waals surface area contributed by atoms with E-state index in [0.717, 1.165) is 12.8 Å². The standard InChI is InChI=1S/C7H12O/c1-5-3-4-7(8)6(5)2/h5-6H,3-4H2,1-2H3. The van der Waals surface area contributed by atoms with Crippen LogP contribution in [0.4, 0.5) is 0 Å². The molecule has 1 saturated carbocycles. The molecule has 1 nitrogen and oxygen atoms in total. The van der Waals surface area contributed by atoms with E-state index in [0.29, 0.717) is 17.6 Å². The van der Waals surface area contributed by atoms with Crippen molar-refractivity contribution in [2.24, 2.45) is 11.8 Å². The lowest BCUT2D eigenvalue weighted by Crippen LogP contribution is -2.06. The predicted molar refractivity (Wildman–Crippen MR) is 32.6 cm³/mol. The maximum Gasteiger partial charge on any atom is 0.135 e. The molecule has 0 heterocycles. The quantitative estimate of drug-likeness (QED) is 0.465. The first-order chi connectivity index (χ1) is 3.72. The van der Waals surface area contributed by atoms with Crippen LogP contribution in [-0.4, -0.2) is 5.78 Å². The molecule has 0 amide bonds. The molecule has 0 spiro atoms. The second-order valence-corrected chi connectivity index (χ2v) is 2.77. The highest BCUT2D eigenvalue weighted by atomic mass is 16.1. The van der Waals surface area contributed by atoms with E-state index in [1.807, 2.05) is 6.92 Å². The predicted octanol–water partition coefficient (Wildman–Crippen LogP) is 1.62. The van der Waals surface area contributed by atoms with Crippen LogP contribution in [0.15, 0.2) is 0 Å². The summed E-state index contributed by atoms with van der Waals surface area (Å²) in [5, 5.41) is 0. The molecule has 0 N–H and O–H groups in total. The van der Waals surface area contributed by atoms with E-state index in [-0.39, 0.29) is 0 Å².